The van der Waals surface area contributed by atoms with Crippen molar-refractivity contribution in [3.63, 3.8) is 0 Å². The highest BCUT2D eigenvalue weighted by atomic mass is 35.5. The van der Waals surface area contributed by atoms with Crippen LogP contribution in [-0.4, -0.2) is 28.6 Å². The minimum Gasteiger partial charge on any atom is -0.397 e. The van der Waals surface area contributed by atoms with E-state index in [2.05, 4.69) is 12.2 Å². The molecule has 0 saturated carbocycles. The minimum absolute atomic E-state index is 0.0258. The molecule has 0 aliphatic heterocycles. The van der Waals surface area contributed by atoms with E-state index >= 15 is 0 Å². The van der Waals surface area contributed by atoms with Crippen molar-refractivity contribution in [2.75, 3.05) is 23.4 Å². The maximum Gasteiger partial charge on any atom is 0.224 e. The second-order valence-corrected chi connectivity index (χ2v) is 6.54. The van der Waals surface area contributed by atoms with Gasteiger partial charge in [0.15, 0.2) is 0 Å². The van der Waals surface area contributed by atoms with Crippen LogP contribution in [0.2, 0.25) is 5.02 Å². The molecule has 0 spiro atoms. The van der Waals surface area contributed by atoms with E-state index in [-0.39, 0.29) is 12.5 Å². The number of aliphatic hydroxyl groups is 1. The molecule has 1 unspecified atom stereocenters. The number of amides is 1. The van der Waals surface area contributed by atoms with Gasteiger partial charge in [-0.15, -0.1) is 0 Å². The van der Waals surface area contributed by atoms with Crippen LogP contribution in [0.25, 0.3) is 0 Å². The first-order valence-electron chi connectivity index (χ1n) is 6.60. The Bertz CT molecular complexity index is 443. The molecule has 1 amide bonds. The highest BCUT2D eigenvalue weighted by molar-refractivity contribution is 7.99. The van der Waals surface area contributed by atoms with Gasteiger partial charge < -0.3 is 16.2 Å². The van der Waals surface area contributed by atoms with E-state index < -0.39 is 0 Å². The molecule has 4 nitrogen and oxygen atoms in total. The number of aliphatic hydroxyl groups excluding tert-OH is 1. The molecule has 1 aromatic carbocycles. The molecule has 20 heavy (non-hydrogen) atoms. The lowest BCUT2D eigenvalue weighted by molar-refractivity contribution is -0.116. The molecule has 112 valence electrons. The summed E-state index contributed by atoms with van der Waals surface area (Å²) in [5.41, 5.74) is 6.79. The van der Waals surface area contributed by atoms with Crippen LogP contribution >= 0.6 is 23.4 Å². The Morgan fingerprint density at radius 1 is 1.55 bits per heavy atom. The number of halogens is 1. The summed E-state index contributed by atoms with van der Waals surface area (Å²) in [7, 11) is 0. The first-order chi connectivity index (χ1) is 9.52. The fourth-order valence-electron chi connectivity index (χ4n) is 1.63. The molecule has 0 bridgehead atoms. The summed E-state index contributed by atoms with van der Waals surface area (Å²) in [4.78, 5) is 11.7. The lowest BCUT2D eigenvalue weighted by atomic mass is 10.2. The van der Waals surface area contributed by atoms with Crippen molar-refractivity contribution >= 4 is 40.6 Å². The molecule has 4 N–H and O–H groups in total. The van der Waals surface area contributed by atoms with Gasteiger partial charge in [-0.1, -0.05) is 18.5 Å². The van der Waals surface area contributed by atoms with Crippen molar-refractivity contribution < 1.29 is 9.90 Å². The van der Waals surface area contributed by atoms with Gasteiger partial charge in [-0.2, -0.15) is 11.8 Å². The lowest BCUT2D eigenvalue weighted by Crippen LogP contribution is -2.12. The van der Waals surface area contributed by atoms with E-state index in [0.717, 1.165) is 18.6 Å². The van der Waals surface area contributed by atoms with Gasteiger partial charge in [0.05, 0.1) is 10.7 Å². The minimum atomic E-state index is -0.0258. The number of benzene rings is 1. The predicted octanol–water partition coefficient (Wildman–Crippen LogP) is 3.15. The SMILES string of the molecule is CC(CCO)SCCCC(=O)Nc1ccc(Cl)c(N)c1. The van der Waals surface area contributed by atoms with Crippen molar-refractivity contribution in [3.05, 3.63) is 23.2 Å². The Labute approximate surface area is 129 Å². The zero-order chi connectivity index (χ0) is 15.0. The monoisotopic (exact) mass is 316 g/mol. The molecule has 0 aliphatic carbocycles. The Morgan fingerprint density at radius 2 is 2.30 bits per heavy atom. The number of nitrogens with two attached hydrogens (primary N) is 1. The van der Waals surface area contributed by atoms with Crippen molar-refractivity contribution in [1.82, 2.24) is 0 Å². The third-order valence-corrected chi connectivity index (χ3v) is 4.44. The second-order valence-electron chi connectivity index (χ2n) is 4.58. The number of rotatable bonds is 8. The summed E-state index contributed by atoms with van der Waals surface area (Å²) in [6, 6.07) is 5.05. The number of nitrogens with one attached hydrogen (secondary N) is 1. The molecule has 0 aliphatic rings. The largest absolute Gasteiger partial charge is 0.397 e. The van der Waals surface area contributed by atoms with Crippen LogP contribution < -0.4 is 11.1 Å². The standard InChI is InChI=1S/C14H21ClN2O2S/c1-10(6-7-18)20-8-2-3-14(19)17-11-4-5-12(15)13(16)9-11/h4-5,9-10,18H,2-3,6-8,16H2,1H3,(H,17,19). The van der Waals surface area contributed by atoms with Gasteiger partial charge in [-0.05, 0) is 36.8 Å². The van der Waals surface area contributed by atoms with Gasteiger partial charge in [-0.3, -0.25) is 4.79 Å². The van der Waals surface area contributed by atoms with Gasteiger partial charge in [-0.25, -0.2) is 0 Å². The van der Waals surface area contributed by atoms with Gasteiger partial charge in [0.1, 0.15) is 0 Å². The molecule has 0 fully saturated rings. The lowest BCUT2D eigenvalue weighted by Gasteiger charge is -2.09. The molecular weight excluding hydrogens is 296 g/mol. The van der Waals surface area contributed by atoms with Crippen LogP contribution in [-0.2, 0) is 4.79 Å². The van der Waals surface area contributed by atoms with Crippen LogP contribution in [0.15, 0.2) is 18.2 Å². The van der Waals surface area contributed by atoms with Gasteiger partial charge >= 0.3 is 0 Å². The summed E-state index contributed by atoms with van der Waals surface area (Å²) in [5.74, 6) is 0.888. The highest BCUT2D eigenvalue weighted by Crippen LogP contribution is 2.22. The second kappa shape index (κ2) is 9.10. The Morgan fingerprint density at radius 3 is 2.95 bits per heavy atom. The quantitative estimate of drug-likeness (QED) is 0.509. The van der Waals surface area contributed by atoms with Crippen molar-refractivity contribution in [2.45, 2.75) is 31.4 Å². The van der Waals surface area contributed by atoms with E-state index in [1.807, 2.05) is 0 Å². The average Bonchev–Trinajstić information content (AvgIpc) is 2.39. The van der Waals surface area contributed by atoms with Crippen LogP contribution in [0.3, 0.4) is 0 Å². The number of carbonyl (C=O) groups is 1. The maximum atomic E-state index is 11.7. The van der Waals surface area contributed by atoms with Gasteiger partial charge in [0.25, 0.3) is 0 Å². The summed E-state index contributed by atoms with van der Waals surface area (Å²) >= 11 is 7.59. The molecule has 0 aromatic heterocycles. The topological polar surface area (TPSA) is 75.3 Å². The first-order valence-corrected chi connectivity index (χ1v) is 8.03. The van der Waals surface area contributed by atoms with Crippen molar-refractivity contribution in [1.29, 1.82) is 0 Å². The number of hydrogen-bond donors (Lipinski definition) is 3. The zero-order valence-electron chi connectivity index (χ0n) is 11.6. The Hall–Kier alpha value is -0.910. The van der Waals surface area contributed by atoms with Crippen LogP contribution in [0.4, 0.5) is 11.4 Å². The maximum absolute atomic E-state index is 11.7. The molecule has 0 heterocycles. The summed E-state index contributed by atoms with van der Waals surface area (Å²) < 4.78 is 0. The van der Waals surface area contributed by atoms with E-state index in [0.29, 0.717) is 28.1 Å². The third-order valence-electron chi connectivity index (χ3n) is 2.77. The highest BCUT2D eigenvalue weighted by Gasteiger charge is 2.06. The molecular formula is C14H21ClN2O2S. The number of nitrogen functional groups attached to an aromatic ring is 1. The number of thioether (sulfide) groups is 1. The summed E-state index contributed by atoms with van der Waals surface area (Å²) in [5, 5.41) is 12.5. The zero-order valence-corrected chi connectivity index (χ0v) is 13.1. The molecule has 1 atom stereocenters. The van der Waals surface area contributed by atoms with E-state index in [1.54, 1.807) is 30.0 Å². The van der Waals surface area contributed by atoms with E-state index in [1.165, 1.54) is 0 Å². The summed E-state index contributed by atoms with van der Waals surface area (Å²) in [6.45, 7) is 2.30. The van der Waals surface area contributed by atoms with Gasteiger partial charge in [0.2, 0.25) is 5.91 Å². The van der Waals surface area contributed by atoms with Crippen LogP contribution in [0.5, 0.6) is 0 Å². The normalized spacial score (nSPS) is 12.2. The fourth-order valence-corrected chi connectivity index (χ4v) is 2.73. The van der Waals surface area contributed by atoms with Crippen LogP contribution in [0, 0.1) is 0 Å². The Balaban J connectivity index is 2.25. The molecule has 6 heteroatoms. The van der Waals surface area contributed by atoms with E-state index in [9.17, 15) is 4.79 Å². The molecule has 0 radical (unpaired) electrons. The van der Waals surface area contributed by atoms with Crippen LogP contribution in [0.1, 0.15) is 26.2 Å². The molecule has 1 rings (SSSR count). The number of anilines is 2. The van der Waals surface area contributed by atoms with Gasteiger partial charge in [0, 0.05) is 24.0 Å². The van der Waals surface area contributed by atoms with E-state index in [4.69, 9.17) is 22.4 Å². The third kappa shape index (κ3) is 6.50. The average molecular weight is 317 g/mol. The number of carbonyl (C=O) groups excluding carboxylic acids is 1. The first kappa shape index (κ1) is 17.1. The Kier molecular flexibility index (Phi) is 7.80. The summed E-state index contributed by atoms with van der Waals surface area (Å²) in [6.07, 6.45) is 2.08. The van der Waals surface area contributed by atoms with Crippen molar-refractivity contribution in [2.24, 2.45) is 0 Å². The van der Waals surface area contributed by atoms with Crippen molar-refractivity contribution in [3.8, 4) is 0 Å². The number of hydrogen-bond acceptors (Lipinski definition) is 4. The predicted molar refractivity (Wildman–Crippen MR) is 87.4 cm³/mol. The smallest absolute Gasteiger partial charge is 0.224 e. The molecule has 1 aromatic rings. The molecule has 0 saturated heterocycles. The fraction of sp³-hybridized carbons (Fsp3) is 0.500.